The summed E-state index contributed by atoms with van der Waals surface area (Å²) in [4.78, 5) is 30.6. The Bertz CT molecular complexity index is 1380. The van der Waals surface area contributed by atoms with Gasteiger partial charge in [0.1, 0.15) is 11.6 Å². The lowest BCUT2D eigenvalue weighted by molar-refractivity contribution is -0.120. The number of halogens is 2. The number of nitrogens with zero attached hydrogens (tertiary/aromatic N) is 2. The van der Waals surface area contributed by atoms with Crippen molar-refractivity contribution in [2.24, 2.45) is 0 Å². The number of carbonyl (C=O) groups excluding carboxylic acids is 1. The maximum Gasteiger partial charge on any atom is 0.266 e. The predicted octanol–water partition coefficient (Wildman–Crippen LogP) is 5.02. The number of carbonyl (C=O) groups is 1. The highest BCUT2D eigenvalue weighted by Gasteiger charge is 2.23. The van der Waals surface area contributed by atoms with Gasteiger partial charge < -0.3 is 5.32 Å². The number of hydrogen-bond donors (Lipinski definition) is 1. The summed E-state index contributed by atoms with van der Waals surface area (Å²) in [6.07, 6.45) is 0. The van der Waals surface area contributed by atoms with Gasteiger partial charge in [-0.3, -0.25) is 14.2 Å². The van der Waals surface area contributed by atoms with Crippen LogP contribution >= 0.6 is 11.8 Å². The summed E-state index contributed by atoms with van der Waals surface area (Å²) in [7, 11) is 0. The topological polar surface area (TPSA) is 64.0 Å². The summed E-state index contributed by atoms with van der Waals surface area (Å²) in [6, 6.07) is 19.0. The molecule has 0 aliphatic heterocycles. The molecule has 0 fully saturated rings. The molecule has 1 N–H and O–H groups in total. The maximum absolute atomic E-state index is 14.6. The Balaban J connectivity index is 1.70. The number of thioether (sulfide) groups is 1. The Labute approximate surface area is 193 Å². The van der Waals surface area contributed by atoms with E-state index in [0.29, 0.717) is 17.0 Å². The molecule has 0 spiro atoms. The van der Waals surface area contributed by atoms with Gasteiger partial charge >= 0.3 is 0 Å². The highest BCUT2D eigenvalue weighted by atomic mass is 32.2. The highest BCUT2D eigenvalue weighted by molar-refractivity contribution is 8.00. The van der Waals surface area contributed by atoms with Crippen molar-refractivity contribution in [3.63, 3.8) is 0 Å². The molecule has 8 heteroatoms. The molecule has 0 saturated carbocycles. The van der Waals surface area contributed by atoms with Crippen LogP contribution in [0.3, 0.4) is 0 Å². The number of hydrogen-bond acceptors (Lipinski definition) is 4. The molecule has 5 nitrogen and oxygen atoms in total. The van der Waals surface area contributed by atoms with Gasteiger partial charge in [0.2, 0.25) is 5.91 Å². The lowest BCUT2D eigenvalue weighted by Crippen LogP contribution is -2.33. The number of aromatic nitrogens is 2. The van der Waals surface area contributed by atoms with Crippen molar-refractivity contribution < 1.29 is 13.6 Å². The van der Waals surface area contributed by atoms with Crippen LogP contribution in [0.15, 0.2) is 82.7 Å². The first kappa shape index (κ1) is 22.7. The molecule has 4 rings (SSSR count). The van der Waals surface area contributed by atoms with Gasteiger partial charge in [-0.2, -0.15) is 0 Å². The van der Waals surface area contributed by atoms with Crippen molar-refractivity contribution >= 4 is 28.6 Å². The molecular formula is C25H21F2N3O2S. The highest BCUT2D eigenvalue weighted by Crippen LogP contribution is 2.27. The number of para-hydroxylation sites is 1. The van der Waals surface area contributed by atoms with E-state index >= 15 is 0 Å². The third-order valence-electron chi connectivity index (χ3n) is 5.21. The van der Waals surface area contributed by atoms with E-state index in [-0.39, 0.29) is 22.8 Å². The van der Waals surface area contributed by atoms with Gasteiger partial charge in [0.15, 0.2) is 5.16 Å². The van der Waals surface area contributed by atoms with Crippen LogP contribution in [0.25, 0.3) is 16.6 Å². The number of fused-ring (bicyclic) bond motifs is 1. The summed E-state index contributed by atoms with van der Waals surface area (Å²) in [5, 5.41) is 2.74. The zero-order valence-electron chi connectivity index (χ0n) is 18.0. The van der Waals surface area contributed by atoms with E-state index in [2.05, 4.69) is 10.3 Å². The Morgan fingerprint density at radius 2 is 1.70 bits per heavy atom. The van der Waals surface area contributed by atoms with E-state index in [0.717, 1.165) is 28.0 Å². The van der Waals surface area contributed by atoms with Gasteiger partial charge in [0.05, 0.1) is 27.9 Å². The zero-order chi connectivity index (χ0) is 23.5. The van der Waals surface area contributed by atoms with Gasteiger partial charge in [-0.15, -0.1) is 0 Å². The van der Waals surface area contributed by atoms with Crippen LogP contribution in [0.1, 0.15) is 25.5 Å². The van der Waals surface area contributed by atoms with Gasteiger partial charge in [-0.1, -0.05) is 54.2 Å². The zero-order valence-corrected chi connectivity index (χ0v) is 18.8. The van der Waals surface area contributed by atoms with Gasteiger partial charge in [0, 0.05) is 6.07 Å². The van der Waals surface area contributed by atoms with Crippen molar-refractivity contribution in [1.82, 2.24) is 14.9 Å². The quantitative estimate of drug-likeness (QED) is 0.321. The van der Waals surface area contributed by atoms with Gasteiger partial charge in [-0.25, -0.2) is 13.8 Å². The van der Waals surface area contributed by atoms with Crippen molar-refractivity contribution in [2.45, 2.75) is 30.3 Å². The van der Waals surface area contributed by atoms with Gasteiger partial charge in [-0.05, 0) is 43.7 Å². The second kappa shape index (κ2) is 9.54. The molecule has 4 aromatic rings. The summed E-state index contributed by atoms with van der Waals surface area (Å²) >= 11 is 1.03. The third kappa shape index (κ3) is 4.80. The lowest BCUT2D eigenvalue weighted by atomic mass is 10.1. The molecule has 0 saturated heterocycles. The van der Waals surface area contributed by atoms with Crippen LogP contribution in [-0.2, 0) is 4.79 Å². The van der Waals surface area contributed by atoms with E-state index in [1.807, 2.05) is 37.3 Å². The number of amides is 1. The molecule has 1 amide bonds. The van der Waals surface area contributed by atoms with E-state index < -0.39 is 22.4 Å². The minimum Gasteiger partial charge on any atom is -0.349 e. The average Bonchev–Trinajstić information content (AvgIpc) is 2.80. The van der Waals surface area contributed by atoms with Crippen LogP contribution in [0, 0.1) is 11.6 Å². The Morgan fingerprint density at radius 3 is 2.42 bits per heavy atom. The molecule has 168 valence electrons. The van der Waals surface area contributed by atoms with E-state index in [1.54, 1.807) is 31.2 Å². The summed E-state index contributed by atoms with van der Waals surface area (Å²) < 4.78 is 29.2. The van der Waals surface area contributed by atoms with Gasteiger partial charge in [0.25, 0.3) is 5.56 Å². The monoisotopic (exact) mass is 465 g/mol. The molecule has 1 aromatic heterocycles. The predicted molar refractivity (Wildman–Crippen MR) is 126 cm³/mol. The van der Waals surface area contributed by atoms with Crippen molar-refractivity contribution in [2.75, 3.05) is 0 Å². The lowest BCUT2D eigenvalue weighted by Gasteiger charge is -2.19. The Kier molecular flexibility index (Phi) is 6.55. The number of rotatable bonds is 6. The summed E-state index contributed by atoms with van der Waals surface area (Å²) in [5.74, 6) is -1.91. The molecule has 33 heavy (non-hydrogen) atoms. The molecule has 0 bridgehead atoms. The maximum atomic E-state index is 14.6. The standard InChI is InChI=1S/C25H21F2N3O2S/c1-15(17-8-4-3-5-9-17)28-23(31)16(2)33-25-29-21-11-7-6-10-19(21)24(32)30(25)22-13-12-18(26)14-20(22)27/h3-16H,1-2H3,(H,28,31). The molecule has 2 atom stereocenters. The third-order valence-corrected chi connectivity index (χ3v) is 6.26. The van der Waals surface area contributed by atoms with E-state index in [9.17, 15) is 18.4 Å². The first-order chi connectivity index (χ1) is 15.8. The summed E-state index contributed by atoms with van der Waals surface area (Å²) in [5.41, 5.74) is 0.748. The minimum atomic E-state index is -0.897. The van der Waals surface area contributed by atoms with Crippen molar-refractivity contribution in [3.8, 4) is 5.69 Å². The largest absolute Gasteiger partial charge is 0.349 e. The second-order valence-electron chi connectivity index (χ2n) is 7.55. The summed E-state index contributed by atoms with van der Waals surface area (Å²) in [6.45, 7) is 3.56. The molecular weight excluding hydrogens is 444 g/mol. The van der Waals surface area contributed by atoms with Crippen LogP contribution in [-0.4, -0.2) is 20.7 Å². The fraction of sp³-hybridized carbons (Fsp3) is 0.160. The SMILES string of the molecule is CC(Sc1nc2ccccc2c(=O)n1-c1ccc(F)cc1F)C(=O)NC(C)c1ccccc1. The first-order valence-corrected chi connectivity index (χ1v) is 11.2. The molecule has 0 aliphatic carbocycles. The average molecular weight is 466 g/mol. The van der Waals surface area contributed by atoms with Crippen LogP contribution in [0.5, 0.6) is 0 Å². The van der Waals surface area contributed by atoms with Crippen molar-refractivity contribution in [3.05, 3.63) is 100 Å². The molecule has 3 aromatic carbocycles. The minimum absolute atomic E-state index is 0.132. The Hall–Kier alpha value is -3.52. The second-order valence-corrected chi connectivity index (χ2v) is 8.86. The smallest absolute Gasteiger partial charge is 0.266 e. The van der Waals surface area contributed by atoms with Crippen LogP contribution in [0.4, 0.5) is 8.78 Å². The fourth-order valence-corrected chi connectivity index (χ4v) is 4.36. The van der Waals surface area contributed by atoms with E-state index in [1.165, 1.54) is 6.07 Å². The van der Waals surface area contributed by atoms with Crippen molar-refractivity contribution in [1.29, 1.82) is 0 Å². The number of benzene rings is 3. The van der Waals surface area contributed by atoms with Crippen LogP contribution < -0.4 is 10.9 Å². The van der Waals surface area contributed by atoms with Crippen LogP contribution in [0.2, 0.25) is 0 Å². The number of nitrogens with one attached hydrogen (secondary N) is 1. The fourth-order valence-electron chi connectivity index (χ4n) is 3.43. The molecule has 2 unspecified atom stereocenters. The van der Waals surface area contributed by atoms with E-state index in [4.69, 9.17) is 0 Å². The Morgan fingerprint density at radius 1 is 1.00 bits per heavy atom. The molecule has 1 heterocycles. The normalized spacial score (nSPS) is 13.0. The molecule has 0 radical (unpaired) electrons. The molecule has 0 aliphatic rings. The first-order valence-electron chi connectivity index (χ1n) is 10.3.